The van der Waals surface area contributed by atoms with E-state index in [1.807, 2.05) is 0 Å². The molecule has 0 amide bonds. The van der Waals surface area contributed by atoms with E-state index in [2.05, 4.69) is 58.9 Å². The molecule has 1 heterocycles. The van der Waals surface area contributed by atoms with E-state index in [-0.39, 0.29) is 17.2 Å². The third kappa shape index (κ3) is 4.39. The largest absolute Gasteiger partial charge is 0.326 e. The van der Waals surface area contributed by atoms with Gasteiger partial charge in [0.05, 0.1) is 12.0 Å². The first-order valence-electron chi connectivity index (χ1n) is 9.02. The van der Waals surface area contributed by atoms with Crippen LogP contribution in [0.2, 0.25) is 0 Å². The second kappa shape index (κ2) is 8.29. The summed E-state index contributed by atoms with van der Waals surface area (Å²) < 4.78 is 0. The molecule has 0 spiro atoms. The predicted molar refractivity (Wildman–Crippen MR) is 107 cm³/mol. The average Bonchev–Trinajstić information content (AvgIpc) is 2.53. The Morgan fingerprint density at radius 3 is 2.24 bits per heavy atom. The number of nitrogens with two attached hydrogens (primary N) is 1. The topological polar surface area (TPSA) is 55.4 Å². The van der Waals surface area contributed by atoms with Gasteiger partial charge in [0.15, 0.2) is 0 Å². The zero-order valence-corrected chi connectivity index (χ0v) is 16.6. The standard InChI is InChI=1S/C21H29ClN2O/c1-12(2)10-17-16(11-23)18(15-8-6-14(5)7-9-15)19(21(22)25)20(24-17)13(3)4/h6-9,12-13,19-20H,10-11,23H2,1-5H3. The van der Waals surface area contributed by atoms with Gasteiger partial charge in [-0.05, 0) is 53.5 Å². The van der Waals surface area contributed by atoms with Crippen molar-refractivity contribution in [3.8, 4) is 0 Å². The van der Waals surface area contributed by atoms with Gasteiger partial charge in [0, 0.05) is 12.3 Å². The van der Waals surface area contributed by atoms with Crippen molar-refractivity contribution in [1.29, 1.82) is 0 Å². The van der Waals surface area contributed by atoms with Crippen molar-refractivity contribution in [2.45, 2.75) is 47.1 Å². The number of benzene rings is 1. The zero-order chi connectivity index (χ0) is 18.7. The van der Waals surface area contributed by atoms with Crippen molar-refractivity contribution in [2.24, 2.45) is 28.5 Å². The normalized spacial score (nSPS) is 21.1. The molecular formula is C21H29ClN2O. The molecule has 1 aromatic rings. The van der Waals surface area contributed by atoms with Crippen LogP contribution in [0.3, 0.4) is 0 Å². The lowest BCUT2D eigenvalue weighted by Gasteiger charge is -2.34. The number of hydrogen-bond acceptors (Lipinski definition) is 3. The first kappa shape index (κ1) is 19.9. The second-order valence-electron chi connectivity index (χ2n) is 7.65. The second-order valence-corrected chi connectivity index (χ2v) is 8.03. The highest BCUT2D eigenvalue weighted by Crippen LogP contribution is 2.39. The fraction of sp³-hybridized carbons (Fsp3) is 0.524. The van der Waals surface area contributed by atoms with Gasteiger partial charge in [-0.25, -0.2) is 0 Å². The highest BCUT2D eigenvalue weighted by atomic mass is 35.5. The lowest BCUT2D eigenvalue weighted by molar-refractivity contribution is -0.114. The van der Waals surface area contributed by atoms with E-state index in [4.69, 9.17) is 22.3 Å². The van der Waals surface area contributed by atoms with E-state index in [0.29, 0.717) is 12.5 Å². The van der Waals surface area contributed by atoms with Crippen LogP contribution in [0.5, 0.6) is 0 Å². The summed E-state index contributed by atoms with van der Waals surface area (Å²) in [5, 5.41) is -0.354. The summed E-state index contributed by atoms with van der Waals surface area (Å²) in [4.78, 5) is 17.3. The van der Waals surface area contributed by atoms with E-state index in [1.54, 1.807) is 0 Å². The van der Waals surface area contributed by atoms with Crippen LogP contribution in [0, 0.1) is 24.7 Å². The van der Waals surface area contributed by atoms with Gasteiger partial charge in [-0.15, -0.1) is 0 Å². The van der Waals surface area contributed by atoms with Gasteiger partial charge in [0.1, 0.15) is 0 Å². The predicted octanol–water partition coefficient (Wildman–Crippen LogP) is 4.61. The monoisotopic (exact) mass is 360 g/mol. The zero-order valence-electron chi connectivity index (χ0n) is 15.8. The molecule has 2 rings (SSSR count). The number of rotatable bonds is 6. The number of aryl methyl sites for hydroxylation is 1. The van der Waals surface area contributed by atoms with Crippen LogP contribution >= 0.6 is 11.6 Å². The molecule has 0 radical (unpaired) electrons. The lowest BCUT2D eigenvalue weighted by atomic mass is 9.76. The molecule has 2 atom stereocenters. The van der Waals surface area contributed by atoms with E-state index < -0.39 is 5.92 Å². The van der Waals surface area contributed by atoms with E-state index >= 15 is 0 Å². The molecule has 4 heteroatoms. The van der Waals surface area contributed by atoms with Crippen LogP contribution in [-0.4, -0.2) is 23.5 Å². The molecule has 0 aromatic heterocycles. The number of dihydropyridines is 1. The molecule has 0 saturated carbocycles. The Kier molecular flexibility index (Phi) is 6.59. The molecule has 1 aromatic carbocycles. The van der Waals surface area contributed by atoms with Crippen molar-refractivity contribution in [1.82, 2.24) is 0 Å². The third-order valence-corrected chi connectivity index (χ3v) is 4.96. The molecule has 0 fully saturated rings. The van der Waals surface area contributed by atoms with Gasteiger partial charge < -0.3 is 5.73 Å². The van der Waals surface area contributed by atoms with Gasteiger partial charge >= 0.3 is 0 Å². The molecule has 0 aliphatic carbocycles. The van der Waals surface area contributed by atoms with Crippen molar-refractivity contribution < 1.29 is 4.79 Å². The Morgan fingerprint density at radius 1 is 1.20 bits per heavy atom. The Morgan fingerprint density at radius 2 is 1.80 bits per heavy atom. The summed E-state index contributed by atoms with van der Waals surface area (Å²) in [6.07, 6.45) is 0.855. The minimum absolute atomic E-state index is 0.148. The molecule has 1 aliphatic rings. The van der Waals surface area contributed by atoms with Gasteiger partial charge in [0.2, 0.25) is 5.24 Å². The minimum atomic E-state index is -0.446. The van der Waals surface area contributed by atoms with Crippen molar-refractivity contribution in [2.75, 3.05) is 6.54 Å². The van der Waals surface area contributed by atoms with Crippen LogP contribution in [0.15, 0.2) is 34.8 Å². The van der Waals surface area contributed by atoms with Gasteiger partial charge in [-0.2, -0.15) is 0 Å². The molecule has 25 heavy (non-hydrogen) atoms. The Bertz CT molecular complexity index is 686. The van der Waals surface area contributed by atoms with Crippen molar-refractivity contribution in [3.63, 3.8) is 0 Å². The Labute approximate surface area is 156 Å². The fourth-order valence-corrected chi connectivity index (χ4v) is 3.74. The number of carbonyl (C=O) groups excluding carboxylic acids is 1. The quantitative estimate of drug-likeness (QED) is 0.753. The van der Waals surface area contributed by atoms with E-state index in [9.17, 15) is 4.79 Å². The van der Waals surface area contributed by atoms with Crippen LogP contribution < -0.4 is 5.73 Å². The SMILES string of the molecule is Cc1ccc(C2=C(CN)C(CC(C)C)=NC(C(C)C)C2C(=O)Cl)cc1. The Balaban J connectivity index is 2.70. The summed E-state index contributed by atoms with van der Waals surface area (Å²) >= 11 is 6.06. The number of hydrogen-bond donors (Lipinski definition) is 1. The number of aliphatic imine (C=N–C) groups is 1. The van der Waals surface area contributed by atoms with Gasteiger partial charge in [-0.3, -0.25) is 9.79 Å². The van der Waals surface area contributed by atoms with E-state index in [1.165, 1.54) is 5.56 Å². The molecule has 3 nitrogen and oxygen atoms in total. The molecular weight excluding hydrogens is 332 g/mol. The van der Waals surface area contributed by atoms with Crippen LogP contribution in [-0.2, 0) is 4.79 Å². The maximum Gasteiger partial charge on any atom is 0.231 e. The van der Waals surface area contributed by atoms with Crippen molar-refractivity contribution in [3.05, 3.63) is 41.0 Å². The summed E-state index contributed by atoms with van der Waals surface area (Å²) in [6, 6.07) is 8.09. The van der Waals surface area contributed by atoms with Gasteiger partial charge in [0.25, 0.3) is 0 Å². The molecule has 136 valence electrons. The first-order valence-corrected chi connectivity index (χ1v) is 9.40. The average molecular weight is 361 g/mol. The lowest BCUT2D eigenvalue weighted by Crippen LogP contribution is -2.37. The number of nitrogens with zero attached hydrogens (tertiary/aromatic N) is 1. The minimum Gasteiger partial charge on any atom is -0.326 e. The number of carbonyl (C=O) groups is 1. The summed E-state index contributed by atoms with van der Waals surface area (Å²) in [5.74, 6) is 0.240. The third-order valence-electron chi connectivity index (χ3n) is 4.73. The maximum absolute atomic E-state index is 12.4. The Hall–Kier alpha value is -1.45. The molecule has 1 aliphatic heterocycles. The highest BCUT2D eigenvalue weighted by molar-refractivity contribution is 6.65. The summed E-state index contributed by atoms with van der Waals surface area (Å²) in [7, 11) is 0. The summed E-state index contributed by atoms with van der Waals surface area (Å²) in [5.41, 5.74) is 11.3. The van der Waals surface area contributed by atoms with Crippen LogP contribution in [0.4, 0.5) is 0 Å². The molecule has 2 unspecified atom stereocenters. The van der Waals surface area contributed by atoms with E-state index in [0.717, 1.165) is 28.8 Å². The molecule has 0 bridgehead atoms. The highest BCUT2D eigenvalue weighted by Gasteiger charge is 2.38. The fourth-order valence-electron chi connectivity index (χ4n) is 3.51. The van der Waals surface area contributed by atoms with Crippen LogP contribution in [0.1, 0.15) is 45.2 Å². The number of halogens is 1. The summed E-state index contributed by atoms with van der Waals surface area (Å²) in [6.45, 7) is 10.9. The van der Waals surface area contributed by atoms with Crippen LogP contribution in [0.25, 0.3) is 5.57 Å². The molecule has 0 saturated heterocycles. The smallest absolute Gasteiger partial charge is 0.231 e. The maximum atomic E-state index is 12.4. The first-order chi connectivity index (χ1) is 11.8. The molecule has 2 N–H and O–H groups in total. The van der Waals surface area contributed by atoms with Crippen molar-refractivity contribution >= 4 is 28.1 Å². The van der Waals surface area contributed by atoms with Gasteiger partial charge in [-0.1, -0.05) is 57.5 Å².